The molecule has 0 saturated carbocycles. The highest BCUT2D eigenvalue weighted by Crippen LogP contribution is 2.18. The van der Waals surface area contributed by atoms with Gasteiger partial charge in [0.25, 0.3) is 0 Å². The van der Waals surface area contributed by atoms with Crippen molar-refractivity contribution in [3.05, 3.63) is 29.8 Å². The molecule has 3 amide bonds. The highest BCUT2D eigenvalue weighted by molar-refractivity contribution is 5.94. The first-order valence-corrected chi connectivity index (χ1v) is 6.00. The lowest BCUT2D eigenvalue weighted by Gasteiger charge is -2.10. The number of carbonyl (C=O) groups excluding carboxylic acids is 2. The van der Waals surface area contributed by atoms with Gasteiger partial charge in [-0.15, -0.1) is 0 Å². The number of carbonyl (C=O) groups is 2. The van der Waals surface area contributed by atoms with Crippen molar-refractivity contribution in [2.75, 3.05) is 18.4 Å². The molecule has 5 N–H and O–H groups in total. The molecule has 0 aromatic heterocycles. The molecule has 6 nitrogen and oxygen atoms in total. The second-order valence-electron chi connectivity index (χ2n) is 4.12. The van der Waals surface area contributed by atoms with Crippen LogP contribution < -0.4 is 21.7 Å². The van der Waals surface area contributed by atoms with Crippen molar-refractivity contribution in [2.24, 2.45) is 5.73 Å². The Balaban J connectivity index is 2.45. The van der Waals surface area contributed by atoms with Gasteiger partial charge in [-0.25, -0.2) is 4.79 Å². The molecular weight excluding hydrogens is 289 g/mol. The fourth-order valence-electron chi connectivity index (χ4n) is 1.47. The van der Waals surface area contributed by atoms with E-state index in [9.17, 15) is 22.8 Å². The molecule has 0 aliphatic heterocycles. The summed E-state index contributed by atoms with van der Waals surface area (Å²) in [5.74, 6) is -2.02. The van der Waals surface area contributed by atoms with E-state index in [1.54, 1.807) is 11.4 Å². The van der Waals surface area contributed by atoms with Gasteiger partial charge in [0.15, 0.2) is 0 Å². The molecule has 0 radical (unpaired) electrons. The first-order chi connectivity index (χ1) is 9.79. The van der Waals surface area contributed by atoms with Crippen LogP contribution in [0, 0.1) is 0 Å². The number of nitrogens with one attached hydrogen (secondary N) is 3. The average Bonchev–Trinajstić information content (AvgIpc) is 2.37. The molecule has 0 fully saturated rings. The Morgan fingerprint density at radius 3 is 2.52 bits per heavy atom. The fourth-order valence-corrected chi connectivity index (χ4v) is 1.47. The molecule has 0 bridgehead atoms. The first-order valence-electron chi connectivity index (χ1n) is 6.00. The van der Waals surface area contributed by atoms with Crippen LogP contribution in [0.25, 0.3) is 0 Å². The quantitative estimate of drug-likeness (QED) is 0.589. The molecule has 21 heavy (non-hydrogen) atoms. The summed E-state index contributed by atoms with van der Waals surface area (Å²) in [5.41, 5.74) is 5.63. The minimum absolute atomic E-state index is 0.0619. The summed E-state index contributed by atoms with van der Waals surface area (Å²) in [7, 11) is 0. The van der Waals surface area contributed by atoms with Crippen LogP contribution >= 0.6 is 0 Å². The zero-order valence-electron chi connectivity index (χ0n) is 11.0. The summed E-state index contributed by atoms with van der Waals surface area (Å²) < 4.78 is 36.4. The van der Waals surface area contributed by atoms with Crippen molar-refractivity contribution in [2.45, 2.75) is 12.7 Å². The molecule has 1 rings (SSSR count). The van der Waals surface area contributed by atoms with Gasteiger partial charge in [0.2, 0.25) is 0 Å². The van der Waals surface area contributed by atoms with Gasteiger partial charge in [0.05, 0.1) is 0 Å². The smallest absolute Gasteiger partial charge is 0.352 e. The highest BCUT2D eigenvalue weighted by atomic mass is 19.4. The third-order valence-electron chi connectivity index (χ3n) is 2.37. The average molecular weight is 304 g/mol. The van der Waals surface area contributed by atoms with Crippen LogP contribution in [-0.4, -0.2) is 31.2 Å². The van der Waals surface area contributed by atoms with Crippen LogP contribution in [0.5, 0.6) is 0 Å². The number of hydrogen-bond donors (Lipinski definition) is 4. The summed E-state index contributed by atoms with van der Waals surface area (Å²) in [4.78, 5) is 21.2. The van der Waals surface area contributed by atoms with Crippen molar-refractivity contribution < 1.29 is 22.8 Å². The normalized spacial score (nSPS) is 11.0. The van der Waals surface area contributed by atoms with Gasteiger partial charge in [-0.3, -0.25) is 4.79 Å². The molecule has 116 valence electrons. The van der Waals surface area contributed by atoms with Crippen molar-refractivity contribution in [3.8, 4) is 0 Å². The topological polar surface area (TPSA) is 96.2 Å². The lowest BCUT2D eigenvalue weighted by atomic mass is 10.2. The number of primary amides is 1. The second-order valence-corrected chi connectivity index (χ2v) is 4.12. The molecule has 0 unspecified atom stereocenters. The highest BCUT2D eigenvalue weighted by Gasteiger charge is 2.38. The second kappa shape index (κ2) is 7.48. The summed E-state index contributed by atoms with van der Waals surface area (Å²) in [5, 5.41) is 7.12. The summed E-state index contributed by atoms with van der Waals surface area (Å²) >= 11 is 0. The SMILES string of the molecule is NC(=O)NCCNCc1cccc(NC(=O)C(F)(F)F)c1. The van der Waals surface area contributed by atoms with E-state index < -0.39 is 18.1 Å². The summed E-state index contributed by atoms with van der Waals surface area (Å²) in [6.07, 6.45) is -4.92. The van der Waals surface area contributed by atoms with E-state index in [0.717, 1.165) is 0 Å². The third-order valence-corrected chi connectivity index (χ3v) is 2.37. The number of anilines is 1. The number of alkyl halides is 3. The predicted molar refractivity (Wildman–Crippen MR) is 70.4 cm³/mol. The zero-order valence-corrected chi connectivity index (χ0v) is 11.0. The predicted octanol–water partition coefficient (Wildman–Crippen LogP) is 0.945. The number of benzene rings is 1. The van der Waals surface area contributed by atoms with Gasteiger partial charge in [-0.05, 0) is 17.7 Å². The Bertz CT molecular complexity index is 506. The molecule has 0 saturated heterocycles. The van der Waals surface area contributed by atoms with Gasteiger partial charge >= 0.3 is 18.1 Å². The molecule has 0 aliphatic carbocycles. The van der Waals surface area contributed by atoms with E-state index in [2.05, 4.69) is 10.6 Å². The summed E-state index contributed by atoms with van der Waals surface area (Å²) in [6.45, 7) is 1.15. The van der Waals surface area contributed by atoms with Crippen molar-refractivity contribution in [1.29, 1.82) is 0 Å². The van der Waals surface area contributed by atoms with Crippen LogP contribution in [0.4, 0.5) is 23.7 Å². The fraction of sp³-hybridized carbons (Fsp3) is 0.333. The van der Waals surface area contributed by atoms with E-state index in [1.165, 1.54) is 18.2 Å². The molecule has 1 aromatic rings. The summed E-state index contributed by atoms with van der Waals surface area (Å²) in [6, 6.07) is 5.39. The standard InChI is InChI=1S/C12H15F3N4O2/c13-12(14,15)10(20)19-9-3-1-2-8(6-9)7-17-4-5-18-11(16)21/h1-3,6,17H,4-5,7H2,(H,19,20)(H3,16,18,21). The van der Waals surface area contributed by atoms with Crippen molar-refractivity contribution >= 4 is 17.6 Å². The Labute approximate surface area is 118 Å². The molecule has 0 spiro atoms. The van der Waals surface area contributed by atoms with Crippen LogP contribution in [0.3, 0.4) is 0 Å². The van der Waals surface area contributed by atoms with E-state index in [1.807, 2.05) is 0 Å². The van der Waals surface area contributed by atoms with E-state index in [-0.39, 0.29) is 5.69 Å². The minimum Gasteiger partial charge on any atom is -0.352 e. The van der Waals surface area contributed by atoms with E-state index >= 15 is 0 Å². The zero-order chi connectivity index (χ0) is 15.9. The Morgan fingerprint density at radius 2 is 1.90 bits per heavy atom. The number of nitrogens with two attached hydrogens (primary N) is 1. The molecule has 0 atom stereocenters. The maximum absolute atomic E-state index is 12.1. The largest absolute Gasteiger partial charge is 0.471 e. The van der Waals surface area contributed by atoms with Gasteiger partial charge in [-0.1, -0.05) is 12.1 Å². The van der Waals surface area contributed by atoms with Gasteiger partial charge in [0.1, 0.15) is 0 Å². The van der Waals surface area contributed by atoms with Gasteiger partial charge in [0, 0.05) is 25.3 Å². The lowest BCUT2D eigenvalue weighted by molar-refractivity contribution is -0.167. The minimum atomic E-state index is -4.92. The van der Waals surface area contributed by atoms with Crippen LogP contribution in [0.1, 0.15) is 5.56 Å². The number of rotatable bonds is 6. The monoisotopic (exact) mass is 304 g/mol. The number of amides is 3. The molecule has 0 heterocycles. The number of hydrogen-bond acceptors (Lipinski definition) is 3. The first kappa shape index (κ1) is 16.8. The lowest BCUT2D eigenvalue weighted by Crippen LogP contribution is -2.35. The molecule has 0 aliphatic rings. The molecular formula is C12H15F3N4O2. The molecule has 1 aromatic carbocycles. The van der Waals surface area contributed by atoms with E-state index in [4.69, 9.17) is 5.73 Å². The van der Waals surface area contributed by atoms with Crippen LogP contribution in [-0.2, 0) is 11.3 Å². The maximum atomic E-state index is 12.1. The van der Waals surface area contributed by atoms with Gasteiger partial charge < -0.3 is 21.7 Å². The molecule has 9 heteroatoms. The van der Waals surface area contributed by atoms with Gasteiger partial charge in [-0.2, -0.15) is 13.2 Å². The van der Waals surface area contributed by atoms with Crippen molar-refractivity contribution in [3.63, 3.8) is 0 Å². The third kappa shape index (κ3) is 6.61. The van der Waals surface area contributed by atoms with Crippen LogP contribution in [0.2, 0.25) is 0 Å². The Morgan fingerprint density at radius 1 is 1.19 bits per heavy atom. The van der Waals surface area contributed by atoms with Crippen molar-refractivity contribution in [1.82, 2.24) is 10.6 Å². The Hall–Kier alpha value is -2.29. The van der Waals surface area contributed by atoms with Crippen LogP contribution in [0.15, 0.2) is 24.3 Å². The van der Waals surface area contributed by atoms with E-state index in [0.29, 0.717) is 25.2 Å². The Kier molecular flexibility index (Phi) is 5.97. The number of urea groups is 1. The maximum Gasteiger partial charge on any atom is 0.471 e. The number of halogens is 3.